The average molecular weight is 535 g/mol. The van der Waals surface area contributed by atoms with Crippen LogP contribution in [0, 0.1) is 41.0 Å². The highest BCUT2D eigenvalue weighted by molar-refractivity contribution is 7.99. The Bertz CT molecular complexity index is 1070. The normalized spacial score (nSPS) is 24.5. The molecule has 0 aromatic heterocycles. The molecule has 2 aromatic carbocycles. The van der Waals surface area contributed by atoms with E-state index in [0.717, 1.165) is 43.8 Å². The lowest BCUT2D eigenvalue weighted by atomic mass is 9.74. The molecular formula is C31H38F4OS. The molecule has 1 aliphatic carbocycles. The van der Waals surface area contributed by atoms with Gasteiger partial charge in [-0.2, -0.15) is 16.2 Å². The van der Waals surface area contributed by atoms with Crippen molar-refractivity contribution < 1.29 is 22.3 Å². The fourth-order valence-electron chi connectivity index (χ4n) is 5.88. The van der Waals surface area contributed by atoms with Crippen molar-refractivity contribution in [3.63, 3.8) is 0 Å². The fourth-order valence-corrected chi connectivity index (χ4v) is 7.46. The van der Waals surface area contributed by atoms with Crippen LogP contribution in [-0.2, 0) is 0 Å². The zero-order chi connectivity index (χ0) is 26.4. The van der Waals surface area contributed by atoms with E-state index in [2.05, 4.69) is 19.1 Å². The van der Waals surface area contributed by atoms with Gasteiger partial charge in [0.2, 0.25) is 5.82 Å². The summed E-state index contributed by atoms with van der Waals surface area (Å²) in [5, 5.41) is -0.125. The van der Waals surface area contributed by atoms with E-state index in [4.69, 9.17) is 4.74 Å². The van der Waals surface area contributed by atoms with E-state index in [0.29, 0.717) is 17.4 Å². The predicted molar refractivity (Wildman–Crippen MR) is 145 cm³/mol. The topological polar surface area (TPSA) is 9.23 Å². The summed E-state index contributed by atoms with van der Waals surface area (Å²) in [7, 11) is 0. The molecule has 37 heavy (non-hydrogen) atoms. The Morgan fingerprint density at radius 1 is 0.811 bits per heavy atom. The molecule has 1 unspecified atom stereocenters. The van der Waals surface area contributed by atoms with Crippen LogP contribution in [0.5, 0.6) is 5.75 Å². The maximum absolute atomic E-state index is 15.2. The molecule has 0 amide bonds. The molecule has 0 N–H and O–H groups in total. The molecule has 2 aromatic rings. The van der Waals surface area contributed by atoms with Crippen molar-refractivity contribution >= 4 is 11.8 Å². The summed E-state index contributed by atoms with van der Waals surface area (Å²) in [5.41, 5.74) is -0.253. The van der Waals surface area contributed by atoms with Gasteiger partial charge in [0.05, 0.1) is 6.61 Å². The summed E-state index contributed by atoms with van der Waals surface area (Å²) in [6.45, 7) is 4.39. The third-order valence-electron chi connectivity index (χ3n) is 8.06. The molecule has 0 spiro atoms. The van der Waals surface area contributed by atoms with E-state index in [1.165, 1.54) is 43.9 Å². The molecule has 1 nitrogen and oxygen atoms in total. The largest absolute Gasteiger partial charge is 0.490 e. The molecule has 0 radical (unpaired) electrons. The van der Waals surface area contributed by atoms with Crippen LogP contribution < -0.4 is 4.74 Å². The first-order valence-electron chi connectivity index (χ1n) is 13.8. The summed E-state index contributed by atoms with van der Waals surface area (Å²) < 4.78 is 65.1. The van der Waals surface area contributed by atoms with Crippen molar-refractivity contribution in [1.29, 1.82) is 0 Å². The monoisotopic (exact) mass is 534 g/mol. The van der Waals surface area contributed by atoms with Gasteiger partial charge in [0.15, 0.2) is 23.2 Å². The van der Waals surface area contributed by atoms with E-state index >= 15 is 8.78 Å². The van der Waals surface area contributed by atoms with Crippen molar-refractivity contribution in [2.24, 2.45) is 17.8 Å². The van der Waals surface area contributed by atoms with E-state index in [-0.39, 0.29) is 28.7 Å². The van der Waals surface area contributed by atoms with Gasteiger partial charge in [-0.15, -0.1) is 0 Å². The molecule has 6 heteroatoms. The van der Waals surface area contributed by atoms with Gasteiger partial charge in [0.25, 0.3) is 0 Å². The minimum Gasteiger partial charge on any atom is -0.490 e. The van der Waals surface area contributed by atoms with Crippen LogP contribution in [0.4, 0.5) is 17.6 Å². The Hall–Kier alpha value is -1.95. The summed E-state index contributed by atoms with van der Waals surface area (Å²) in [4.78, 5) is 0. The maximum Gasteiger partial charge on any atom is 0.201 e. The summed E-state index contributed by atoms with van der Waals surface area (Å²) in [5.74, 6) is -1.70. The highest BCUT2D eigenvalue weighted by Gasteiger charge is 2.33. The lowest BCUT2D eigenvalue weighted by Crippen LogP contribution is -2.26. The molecular weight excluding hydrogens is 496 g/mol. The van der Waals surface area contributed by atoms with Crippen molar-refractivity contribution in [3.05, 3.63) is 65.2 Å². The number of rotatable bonds is 9. The lowest BCUT2D eigenvalue weighted by Gasteiger charge is -2.37. The summed E-state index contributed by atoms with van der Waals surface area (Å²) >= 11 is 1.70. The SMILES string of the molecule is C/C=C/C1CCC(C2CC[C@@H](c3ccc(-c4ccc(OCCCCC)c(F)c4F)c(F)c3F)SC2)CC1. The van der Waals surface area contributed by atoms with E-state index < -0.39 is 23.3 Å². The molecule has 202 valence electrons. The van der Waals surface area contributed by atoms with Crippen LogP contribution in [0.3, 0.4) is 0 Å². The first-order valence-corrected chi connectivity index (χ1v) is 14.8. The van der Waals surface area contributed by atoms with Crippen molar-refractivity contribution in [2.75, 3.05) is 12.4 Å². The number of benzene rings is 2. The number of allylic oxidation sites excluding steroid dienone is 2. The molecule has 0 bridgehead atoms. The third kappa shape index (κ3) is 6.55. The molecule has 2 atom stereocenters. The Balaban J connectivity index is 1.41. The van der Waals surface area contributed by atoms with Crippen LogP contribution >= 0.6 is 11.8 Å². The van der Waals surface area contributed by atoms with E-state index in [1.54, 1.807) is 17.8 Å². The first-order chi connectivity index (χ1) is 17.9. The van der Waals surface area contributed by atoms with Gasteiger partial charge in [-0.3, -0.25) is 0 Å². The van der Waals surface area contributed by atoms with Crippen LogP contribution in [0.1, 0.15) is 82.4 Å². The first kappa shape index (κ1) is 28.1. The highest BCUT2D eigenvalue weighted by Crippen LogP contribution is 2.47. The summed E-state index contributed by atoms with van der Waals surface area (Å²) in [6.07, 6.45) is 13.9. The van der Waals surface area contributed by atoms with Gasteiger partial charge in [-0.05, 0) is 87.5 Å². The van der Waals surface area contributed by atoms with Gasteiger partial charge < -0.3 is 4.74 Å². The smallest absolute Gasteiger partial charge is 0.201 e. The average Bonchev–Trinajstić information content (AvgIpc) is 2.92. The molecule has 1 saturated carbocycles. The summed E-state index contributed by atoms with van der Waals surface area (Å²) in [6, 6.07) is 5.47. The van der Waals surface area contributed by atoms with Crippen LogP contribution in [-0.4, -0.2) is 12.4 Å². The number of hydrogen-bond acceptors (Lipinski definition) is 2. The minimum absolute atomic E-state index is 0.125. The molecule has 2 fully saturated rings. The number of unbranched alkanes of at least 4 members (excludes halogenated alkanes) is 2. The second kappa shape index (κ2) is 13.2. The van der Waals surface area contributed by atoms with Gasteiger partial charge in [0, 0.05) is 21.9 Å². The number of halogens is 4. The Labute approximate surface area is 223 Å². The van der Waals surface area contributed by atoms with Gasteiger partial charge in [0.1, 0.15) is 0 Å². The standard InChI is InChI=1S/C31H38F4OS/c1-3-5-6-18-36-26-16-15-24(29(33)31(26)35)23-13-14-25(30(34)28(23)32)27-17-12-22(19-37-27)21-10-8-20(7-4-2)9-11-21/h4,7,13-16,20-22,27H,3,5-6,8-12,17-19H2,1-2H3/b7-4+/t20?,21?,22?,27-/m0/s1. The Morgan fingerprint density at radius 3 is 2.14 bits per heavy atom. The third-order valence-corrected chi connectivity index (χ3v) is 9.57. The molecule has 1 saturated heterocycles. The van der Waals surface area contributed by atoms with Crippen LogP contribution in [0.15, 0.2) is 36.4 Å². The van der Waals surface area contributed by atoms with Crippen LogP contribution in [0.25, 0.3) is 11.1 Å². The molecule has 1 heterocycles. The van der Waals surface area contributed by atoms with E-state index in [9.17, 15) is 8.78 Å². The van der Waals surface area contributed by atoms with Gasteiger partial charge in [-0.1, -0.05) is 44.1 Å². The molecule has 1 aliphatic heterocycles. The van der Waals surface area contributed by atoms with Gasteiger partial charge >= 0.3 is 0 Å². The van der Waals surface area contributed by atoms with E-state index in [1.807, 2.05) is 6.92 Å². The predicted octanol–water partition coefficient (Wildman–Crippen LogP) is 10.0. The van der Waals surface area contributed by atoms with Crippen molar-refractivity contribution in [2.45, 2.75) is 76.9 Å². The minimum atomic E-state index is -1.22. The zero-order valence-electron chi connectivity index (χ0n) is 21.9. The van der Waals surface area contributed by atoms with Gasteiger partial charge in [-0.25, -0.2) is 13.2 Å². The van der Waals surface area contributed by atoms with Crippen LogP contribution in [0.2, 0.25) is 0 Å². The fraction of sp³-hybridized carbons (Fsp3) is 0.548. The Kier molecular flexibility index (Phi) is 10.0. The number of hydrogen-bond donors (Lipinski definition) is 0. The lowest BCUT2D eigenvalue weighted by molar-refractivity contribution is 0.223. The highest BCUT2D eigenvalue weighted by atomic mass is 32.2. The Morgan fingerprint density at radius 2 is 1.49 bits per heavy atom. The van der Waals surface area contributed by atoms with Crippen molar-refractivity contribution in [1.82, 2.24) is 0 Å². The molecule has 2 aliphatic rings. The number of ether oxygens (including phenoxy) is 1. The zero-order valence-corrected chi connectivity index (χ0v) is 22.7. The number of thioether (sulfide) groups is 1. The maximum atomic E-state index is 15.2. The van der Waals surface area contributed by atoms with Crippen molar-refractivity contribution in [3.8, 4) is 16.9 Å². The molecule has 4 rings (SSSR count). The second-order valence-corrected chi connectivity index (χ2v) is 11.7. The quantitative estimate of drug-likeness (QED) is 0.180. The second-order valence-electron chi connectivity index (χ2n) is 10.5.